The molecule has 14 heavy (non-hydrogen) atoms. The van der Waals surface area contributed by atoms with Crippen molar-refractivity contribution >= 4 is 11.3 Å². The maximum Gasteiger partial charge on any atom is 0.127 e. The van der Waals surface area contributed by atoms with Gasteiger partial charge in [-0.15, -0.1) is 11.3 Å². The molecule has 0 saturated carbocycles. The van der Waals surface area contributed by atoms with Gasteiger partial charge in [-0.3, -0.25) is 4.68 Å². The molecule has 0 spiro atoms. The summed E-state index contributed by atoms with van der Waals surface area (Å²) in [6, 6.07) is 0. The van der Waals surface area contributed by atoms with Crippen LogP contribution in [0.15, 0.2) is 11.6 Å². The van der Waals surface area contributed by atoms with Crippen LogP contribution >= 0.6 is 11.3 Å². The van der Waals surface area contributed by atoms with Crippen molar-refractivity contribution in [2.24, 2.45) is 12.8 Å². The van der Waals surface area contributed by atoms with E-state index in [9.17, 15) is 0 Å². The Morgan fingerprint density at radius 3 is 2.86 bits per heavy atom. The number of hydrogen-bond acceptors (Lipinski definition) is 4. The molecule has 0 aliphatic heterocycles. The van der Waals surface area contributed by atoms with Crippen LogP contribution in [-0.2, 0) is 13.6 Å². The third kappa shape index (κ3) is 1.56. The molecule has 4 nitrogen and oxygen atoms in total. The number of aromatic nitrogens is 3. The van der Waals surface area contributed by atoms with Crippen LogP contribution in [0.5, 0.6) is 0 Å². The molecule has 5 heteroatoms. The lowest BCUT2D eigenvalue weighted by atomic mass is 10.3. The largest absolute Gasteiger partial charge is 0.325 e. The monoisotopic (exact) mass is 208 g/mol. The topological polar surface area (TPSA) is 56.7 Å². The molecule has 0 saturated heterocycles. The van der Waals surface area contributed by atoms with E-state index in [0.29, 0.717) is 6.54 Å². The molecule has 0 aromatic carbocycles. The van der Waals surface area contributed by atoms with Crippen molar-refractivity contribution in [2.45, 2.75) is 13.5 Å². The predicted octanol–water partition coefficient (Wildman–Crippen LogP) is 1.31. The van der Waals surface area contributed by atoms with Crippen molar-refractivity contribution in [3.05, 3.63) is 23.0 Å². The van der Waals surface area contributed by atoms with Gasteiger partial charge in [0.05, 0.1) is 17.0 Å². The summed E-state index contributed by atoms with van der Waals surface area (Å²) < 4.78 is 1.80. The molecule has 0 unspecified atom stereocenters. The molecule has 2 aromatic heterocycles. The quantitative estimate of drug-likeness (QED) is 0.809. The molecule has 2 heterocycles. The minimum absolute atomic E-state index is 0.496. The highest BCUT2D eigenvalue weighted by atomic mass is 32.1. The van der Waals surface area contributed by atoms with Crippen LogP contribution < -0.4 is 5.73 Å². The number of nitrogens with zero attached hydrogens (tertiary/aromatic N) is 3. The second-order valence-electron chi connectivity index (χ2n) is 3.15. The molecule has 0 radical (unpaired) electrons. The summed E-state index contributed by atoms with van der Waals surface area (Å²) >= 11 is 1.61. The highest BCUT2D eigenvalue weighted by molar-refractivity contribution is 7.13. The third-order valence-corrected chi connectivity index (χ3v) is 2.93. The number of nitrogens with two attached hydrogens (primary N) is 1. The van der Waals surface area contributed by atoms with Crippen molar-refractivity contribution in [1.29, 1.82) is 0 Å². The van der Waals surface area contributed by atoms with E-state index in [1.807, 2.05) is 25.5 Å². The zero-order valence-electron chi connectivity index (χ0n) is 8.19. The molecule has 0 amide bonds. The average molecular weight is 208 g/mol. The van der Waals surface area contributed by atoms with Crippen molar-refractivity contribution < 1.29 is 0 Å². The van der Waals surface area contributed by atoms with Crippen LogP contribution in [0.2, 0.25) is 0 Å². The lowest BCUT2D eigenvalue weighted by molar-refractivity contribution is 0.756. The second-order valence-corrected chi connectivity index (χ2v) is 4.01. The van der Waals surface area contributed by atoms with E-state index >= 15 is 0 Å². The molecule has 0 aliphatic carbocycles. The maximum atomic E-state index is 5.51. The standard InChI is InChI=1S/C9H12N4S/c1-6-8(4-13(2)12-6)9-11-7(3-10)5-14-9/h4-5H,3,10H2,1-2H3. The van der Waals surface area contributed by atoms with Gasteiger partial charge in [0, 0.05) is 25.2 Å². The Bertz CT molecular complexity index is 443. The van der Waals surface area contributed by atoms with Gasteiger partial charge in [-0.05, 0) is 6.92 Å². The van der Waals surface area contributed by atoms with E-state index < -0.39 is 0 Å². The summed E-state index contributed by atoms with van der Waals surface area (Å²) in [5, 5.41) is 7.26. The van der Waals surface area contributed by atoms with Gasteiger partial charge in [0.2, 0.25) is 0 Å². The molecule has 2 N–H and O–H groups in total. The summed E-state index contributed by atoms with van der Waals surface area (Å²) in [5.74, 6) is 0. The van der Waals surface area contributed by atoms with Crippen molar-refractivity contribution in [3.63, 3.8) is 0 Å². The first-order chi connectivity index (χ1) is 6.70. The summed E-state index contributed by atoms with van der Waals surface area (Å²) in [7, 11) is 1.91. The van der Waals surface area contributed by atoms with Gasteiger partial charge in [0.25, 0.3) is 0 Å². The Balaban J connectivity index is 2.43. The maximum absolute atomic E-state index is 5.51. The zero-order chi connectivity index (χ0) is 10.1. The number of rotatable bonds is 2. The Morgan fingerprint density at radius 1 is 1.57 bits per heavy atom. The van der Waals surface area contributed by atoms with E-state index in [1.54, 1.807) is 16.0 Å². The first-order valence-electron chi connectivity index (χ1n) is 4.36. The number of hydrogen-bond donors (Lipinski definition) is 1. The second kappa shape index (κ2) is 3.51. The molecular formula is C9H12N4S. The van der Waals surface area contributed by atoms with E-state index in [4.69, 9.17) is 5.73 Å². The fraction of sp³-hybridized carbons (Fsp3) is 0.333. The zero-order valence-corrected chi connectivity index (χ0v) is 9.01. The van der Waals surface area contributed by atoms with E-state index in [2.05, 4.69) is 10.1 Å². The van der Waals surface area contributed by atoms with E-state index in [-0.39, 0.29) is 0 Å². The summed E-state index contributed by atoms with van der Waals surface area (Å²) in [4.78, 5) is 4.41. The lowest BCUT2D eigenvalue weighted by Crippen LogP contribution is -1.95. The van der Waals surface area contributed by atoms with E-state index in [0.717, 1.165) is 22.0 Å². The SMILES string of the molecule is Cc1nn(C)cc1-c1nc(CN)cs1. The minimum Gasteiger partial charge on any atom is -0.325 e. The molecule has 2 aromatic rings. The molecular weight excluding hydrogens is 196 g/mol. The Kier molecular flexibility index (Phi) is 2.35. The molecule has 0 fully saturated rings. The molecule has 0 aliphatic rings. The number of thiazole rings is 1. The first-order valence-corrected chi connectivity index (χ1v) is 5.23. The smallest absolute Gasteiger partial charge is 0.127 e. The Morgan fingerprint density at radius 2 is 2.36 bits per heavy atom. The fourth-order valence-electron chi connectivity index (χ4n) is 1.33. The van der Waals surface area contributed by atoms with Crippen LogP contribution in [-0.4, -0.2) is 14.8 Å². The number of aryl methyl sites for hydroxylation is 2. The van der Waals surface area contributed by atoms with Crippen LogP contribution in [0.25, 0.3) is 10.6 Å². The summed E-state index contributed by atoms with van der Waals surface area (Å²) in [6.07, 6.45) is 1.98. The van der Waals surface area contributed by atoms with Gasteiger partial charge in [0.1, 0.15) is 5.01 Å². The predicted molar refractivity (Wildman–Crippen MR) is 56.9 cm³/mol. The molecule has 2 rings (SSSR count). The summed E-state index contributed by atoms with van der Waals surface area (Å²) in [5.41, 5.74) is 8.55. The van der Waals surface area contributed by atoms with Crippen LogP contribution in [0, 0.1) is 6.92 Å². The normalized spacial score (nSPS) is 10.8. The van der Waals surface area contributed by atoms with E-state index in [1.165, 1.54) is 0 Å². The highest BCUT2D eigenvalue weighted by Crippen LogP contribution is 2.25. The Hall–Kier alpha value is -1.20. The highest BCUT2D eigenvalue weighted by Gasteiger charge is 2.09. The fourth-order valence-corrected chi connectivity index (χ4v) is 2.23. The van der Waals surface area contributed by atoms with Crippen LogP contribution in [0.1, 0.15) is 11.4 Å². The first kappa shape index (κ1) is 9.36. The van der Waals surface area contributed by atoms with Gasteiger partial charge < -0.3 is 5.73 Å². The van der Waals surface area contributed by atoms with Crippen molar-refractivity contribution in [2.75, 3.05) is 0 Å². The van der Waals surface area contributed by atoms with Crippen molar-refractivity contribution in [1.82, 2.24) is 14.8 Å². The molecule has 0 bridgehead atoms. The summed E-state index contributed by atoms with van der Waals surface area (Å²) in [6.45, 7) is 2.48. The Labute approximate surface area is 86.4 Å². The van der Waals surface area contributed by atoms with Crippen molar-refractivity contribution in [3.8, 4) is 10.6 Å². The lowest BCUT2D eigenvalue weighted by Gasteiger charge is -1.90. The van der Waals surface area contributed by atoms with Gasteiger partial charge >= 0.3 is 0 Å². The van der Waals surface area contributed by atoms with Crippen LogP contribution in [0.3, 0.4) is 0 Å². The molecule has 74 valence electrons. The third-order valence-electron chi connectivity index (χ3n) is 2.00. The molecule has 0 atom stereocenters. The van der Waals surface area contributed by atoms with Gasteiger partial charge in [-0.25, -0.2) is 4.98 Å². The van der Waals surface area contributed by atoms with Crippen LogP contribution in [0.4, 0.5) is 0 Å². The average Bonchev–Trinajstić information content (AvgIpc) is 2.71. The van der Waals surface area contributed by atoms with Gasteiger partial charge in [-0.2, -0.15) is 5.10 Å². The van der Waals surface area contributed by atoms with Gasteiger partial charge in [0.15, 0.2) is 0 Å². The minimum atomic E-state index is 0.496. The van der Waals surface area contributed by atoms with Gasteiger partial charge in [-0.1, -0.05) is 0 Å².